The van der Waals surface area contributed by atoms with E-state index in [4.69, 9.17) is 27.9 Å². The van der Waals surface area contributed by atoms with Crippen LogP contribution in [0.2, 0.25) is 0 Å². The van der Waals surface area contributed by atoms with Gasteiger partial charge in [-0.2, -0.15) is 0 Å². The molecular weight excluding hydrogens is 363 g/mol. The maximum Gasteiger partial charge on any atom is 0.109 e. The van der Waals surface area contributed by atoms with E-state index in [-0.39, 0.29) is 5.34 Å². The number of hydrogen-bond acceptors (Lipinski definition) is 1. The van der Waals surface area contributed by atoms with Crippen molar-refractivity contribution in [2.45, 2.75) is 50.7 Å². The molecular formula is C23H26Cl2O. The molecule has 2 atom stereocenters. The maximum atomic E-state index is 5.58. The van der Waals surface area contributed by atoms with Crippen molar-refractivity contribution in [1.82, 2.24) is 0 Å². The van der Waals surface area contributed by atoms with E-state index in [1.807, 2.05) is 0 Å². The SMILES string of the molecule is C1=Cc2ccccc2CCC1.ClCCl.c1ccc2c(c1)CCCC1OC21. The molecule has 0 saturated carbocycles. The molecule has 0 aromatic heterocycles. The van der Waals surface area contributed by atoms with Crippen LogP contribution in [0.15, 0.2) is 54.6 Å². The summed E-state index contributed by atoms with van der Waals surface area (Å²) in [7, 11) is 0. The second-order valence-electron chi connectivity index (χ2n) is 6.78. The number of rotatable bonds is 0. The third-order valence-electron chi connectivity index (χ3n) is 5.05. The van der Waals surface area contributed by atoms with Crippen molar-refractivity contribution in [2.75, 3.05) is 5.34 Å². The molecule has 1 fully saturated rings. The Balaban J connectivity index is 0.000000132. The second kappa shape index (κ2) is 10.2. The highest BCUT2D eigenvalue weighted by Crippen LogP contribution is 2.45. The van der Waals surface area contributed by atoms with E-state index < -0.39 is 0 Å². The van der Waals surface area contributed by atoms with E-state index in [1.165, 1.54) is 60.8 Å². The van der Waals surface area contributed by atoms with Crippen molar-refractivity contribution in [3.8, 4) is 0 Å². The Morgan fingerprint density at radius 2 is 1.58 bits per heavy atom. The van der Waals surface area contributed by atoms with E-state index >= 15 is 0 Å². The first kappa shape index (κ1) is 19.5. The fourth-order valence-electron chi connectivity index (χ4n) is 3.71. The van der Waals surface area contributed by atoms with Crippen molar-refractivity contribution >= 4 is 29.3 Å². The Bertz CT molecular complexity index is 726. The van der Waals surface area contributed by atoms with Crippen LogP contribution in [0.3, 0.4) is 0 Å². The molecule has 0 radical (unpaired) electrons. The molecule has 138 valence electrons. The molecule has 1 heterocycles. The number of ether oxygens (including phenoxy) is 1. The first-order valence-corrected chi connectivity index (χ1v) is 10.5. The molecule has 3 aliphatic rings. The van der Waals surface area contributed by atoms with Crippen molar-refractivity contribution in [3.63, 3.8) is 0 Å². The molecule has 0 amide bonds. The lowest BCUT2D eigenvalue weighted by Gasteiger charge is -2.03. The fourth-order valence-corrected chi connectivity index (χ4v) is 3.71. The van der Waals surface area contributed by atoms with Crippen LogP contribution >= 0.6 is 23.2 Å². The molecule has 2 aromatic carbocycles. The average Bonchev–Trinajstić information content (AvgIpc) is 3.46. The van der Waals surface area contributed by atoms with E-state index in [1.54, 1.807) is 0 Å². The topological polar surface area (TPSA) is 12.5 Å². The standard InChI is InChI=1S/C11H12O.C11H12.CH2Cl2/c1-2-6-9-8(4-1)5-3-7-10-11(9)12-10;1-2-6-10-8-4-5-9-11(10)7-3-1;2-1-3/h1-2,4,6,10-11H,3,5,7H2;2,4-6,8-9H,1,3,7H2;1H2. The van der Waals surface area contributed by atoms with Gasteiger partial charge in [0.15, 0.2) is 0 Å². The van der Waals surface area contributed by atoms with Crippen LogP contribution in [-0.4, -0.2) is 11.4 Å². The zero-order valence-corrected chi connectivity index (χ0v) is 16.6. The Morgan fingerprint density at radius 3 is 2.42 bits per heavy atom. The molecule has 0 spiro atoms. The van der Waals surface area contributed by atoms with Gasteiger partial charge in [0, 0.05) is 0 Å². The molecule has 2 unspecified atom stereocenters. The highest BCUT2D eigenvalue weighted by atomic mass is 35.5. The highest BCUT2D eigenvalue weighted by Gasteiger charge is 2.41. The number of allylic oxidation sites excluding steroid dienone is 1. The summed E-state index contributed by atoms with van der Waals surface area (Å²) < 4.78 is 5.58. The molecule has 1 nitrogen and oxygen atoms in total. The Kier molecular flexibility index (Phi) is 7.61. The predicted octanol–water partition coefficient (Wildman–Crippen LogP) is 6.92. The largest absolute Gasteiger partial charge is 0.364 e. The number of halogens is 2. The van der Waals surface area contributed by atoms with Crippen molar-refractivity contribution in [1.29, 1.82) is 0 Å². The van der Waals surface area contributed by atoms with Gasteiger partial charge in [-0.3, -0.25) is 0 Å². The summed E-state index contributed by atoms with van der Waals surface area (Å²) in [5.41, 5.74) is 5.86. The van der Waals surface area contributed by atoms with Gasteiger partial charge < -0.3 is 4.74 Å². The van der Waals surface area contributed by atoms with Crippen LogP contribution in [0, 0.1) is 0 Å². The number of aryl methyl sites for hydroxylation is 2. The summed E-state index contributed by atoms with van der Waals surface area (Å²) in [6.45, 7) is 0. The maximum absolute atomic E-state index is 5.58. The molecule has 1 aliphatic heterocycles. The van der Waals surface area contributed by atoms with Gasteiger partial charge in [-0.25, -0.2) is 0 Å². The Morgan fingerprint density at radius 1 is 0.885 bits per heavy atom. The van der Waals surface area contributed by atoms with Crippen LogP contribution in [0.1, 0.15) is 54.0 Å². The molecule has 1 saturated heterocycles. The molecule has 2 aromatic rings. The minimum atomic E-state index is 0.194. The Hall–Kier alpha value is -1.28. The monoisotopic (exact) mass is 388 g/mol. The Labute approximate surface area is 167 Å². The minimum Gasteiger partial charge on any atom is -0.364 e. The lowest BCUT2D eigenvalue weighted by atomic mass is 10.0. The van der Waals surface area contributed by atoms with Crippen molar-refractivity contribution in [2.24, 2.45) is 0 Å². The summed E-state index contributed by atoms with van der Waals surface area (Å²) in [6.07, 6.45) is 13.1. The van der Waals surface area contributed by atoms with Crippen LogP contribution in [-0.2, 0) is 17.6 Å². The highest BCUT2D eigenvalue weighted by molar-refractivity contribution is 6.40. The minimum absolute atomic E-state index is 0.194. The van der Waals surface area contributed by atoms with Crippen LogP contribution in [0.5, 0.6) is 0 Å². The van der Waals surface area contributed by atoms with Crippen molar-refractivity contribution < 1.29 is 4.74 Å². The van der Waals surface area contributed by atoms with Crippen molar-refractivity contribution in [3.05, 3.63) is 76.9 Å². The molecule has 5 rings (SSSR count). The summed E-state index contributed by atoms with van der Waals surface area (Å²) in [4.78, 5) is 0. The molecule has 26 heavy (non-hydrogen) atoms. The number of fused-ring (bicyclic) bond motifs is 4. The van der Waals surface area contributed by atoms with Gasteiger partial charge >= 0.3 is 0 Å². The van der Waals surface area contributed by atoms with E-state index in [0.29, 0.717) is 12.2 Å². The number of epoxide rings is 1. The van der Waals surface area contributed by atoms with Gasteiger partial charge in [-0.05, 0) is 60.8 Å². The smallest absolute Gasteiger partial charge is 0.109 e. The number of alkyl halides is 2. The molecule has 3 heteroatoms. The lowest BCUT2D eigenvalue weighted by Crippen LogP contribution is -1.89. The summed E-state index contributed by atoms with van der Waals surface area (Å²) in [6, 6.07) is 17.3. The van der Waals surface area contributed by atoms with E-state index in [0.717, 1.165) is 0 Å². The van der Waals surface area contributed by atoms with Crippen LogP contribution in [0.4, 0.5) is 0 Å². The molecule has 0 N–H and O–H groups in total. The van der Waals surface area contributed by atoms with Gasteiger partial charge in [-0.1, -0.05) is 60.7 Å². The third-order valence-corrected chi connectivity index (χ3v) is 5.05. The molecule has 0 bridgehead atoms. The van der Waals surface area contributed by atoms with Gasteiger partial charge in [-0.15, -0.1) is 23.2 Å². The predicted molar refractivity (Wildman–Crippen MR) is 112 cm³/mol. The number of hydrogen-bond donors (Lipinski definition) is 0. The van der Waals surface area contributed by atoms with E-state index in [2.05, 4.69) is 60.7 Å². The summed E-state index contributed by atoms with van der Waals surface area (Å²) in [5.74, 6) is 0. The van der Waals surface area contributed by atoms with Gasteiger partial charge in [0.05, 0.1) is 11.4 Å². The summed E-state index contributed by atoms with van der Waals surface area (Å²) in [5, 5.41) is 0.194. The number of benzene rings is 2. The molecule has 2 aliphatic carbocycles. The zero-order chi connectivity index (χ0) is 18.2. The quantitative estimate of drug-likeness (QED) is 0.352. The van der Waals surface area contributed by atoms with Gasteiger partial charge in [0.1, 0.15) is 6.10 Å². The lowest BCUT2D eigenvalue weighted by molar-refractivity contribution is 0.357. The van der Waals surface area contributed by atoms with Crippen LogP contribution < -0.4 is 0 Å². The first-order chi connectivity index (χ1) is 12.8. The first-order valence-electron chi connectivity index (χ1n) is 9.43. The second-order valence-corrected chi connectivity index (χ2v) is 7.59. The fraction of sp³-hybridized carbons (Fsp3) is 0.391. The third kappa shape index (κ3) is 5.36. The zero-order valence-electron chi connectivity index (χ0n) is 15.0. The normalized spacial score (nSPS) is 21.9. The van der Waals surface area contributed by atoms with Gasteiger partial charge in [0.2, 0.25) is 0 Å². The van der Waals surface area contributed by atoms with Gasteiger partial charge in [0.25, 0.3) is 0 Å². The average molecular weight is 389 g/mol. The van der Waals surface area contributed by atoms with Crippen LogP contribution in [0.25, 0.3) is 6.08 Å². The summed E-state index contributed by atoms with van der Waals surface area (Å²) >= 11 is 9.53. The van der Waals surface area contributed by atoms with E-state index in [9.17, 15) is 0 Å².